The SMILES string of the molecule is CN(Cc1ccc2ncccc2c1)C(=O)CCOc1ccc2c(c1)OCCO2. The van der Waals surface area contributed by atoms with Gasteiger partial charge >= 0.3 is 0 Å². The maximum atomic E-state index is 12.4. The zero-order valence-corrected chi connectivity index (χ0v) is 15.8. The molecule has 0 spiro atoms. The van der Waals surface area contributed by atoms with Crippen molar-refractivity contribution in [3.63, 3.8) is 0 Å². The Kier molecular flexibility index (Phi) is 5.28. The Morgan fingerprint density at radius 1 is 1.11 bits per heavy atom. The molecular formula is C22H22N2O4. The second-order valence-corrected chi connectivity index (χ2v) is 6.68. The van der Waals surface area contributed by atoms with Gasteiger partial charge in [0.2, 0.25) is 5.91 Å². The molecule has 1 aliphatic heterocycles. The van der Waals surface area contributed by atoms with E-state index in [-0.39, 0.29) is 5.91 Å². The fraction of sp³-hybridized carbons (Fsp3) is 0.273. The first-order valence-corrected chi connectivity index (χ1v) is 9.29. The molecule has 0 saturated heterocycles. The fourth-order valence-electron chi connectivity index (χ4n) is 3.15. The van der Waals surface area contributed by atoms with Crippen LogP contribution in [-0.2, 0) is 11.3 Å². The van der Waals surface area contributed by atoms with Gasteiger partial charge in [-0.1, -0.05) is 12.1 Å². The van der Waals surface area contributed by atoms with Gasteiger partial charge in [-0.2, -0.15) is 0 Å². The number of nitrogens with zero attached hydrogens (tertiary/aromatic N) is 2. The van der Waals surface area contributed by atoms with Crippen molar-refractivity contribution >= 4 is 16.8 Å². The molecule has 2 aromatic carbocycles. The zero-order valence-electron chi connectivity index (χ0n) is 15.8. The molecule has 3 aromatic rings. The van der Waals surface area contributed by atoms with Crippen molar-refractivity contribution in [3.05, 3.63) is 60.3 Å². The fourth-order valence-corrected chi connectivity index (χ4v) is 3.15. The van der Waals surface area contributed by atoms with E-state index in [9.17, 15) is 4.79 Å². The number of ether oxygens (including phenoxy) is 3. The molecule has 6 nitrogen and oxygen atoms in total. The Bertz CT molecular complexity index is 989. The van der Waals surface area contributed by atoms with Crippen molar-refractivity contribution in [1.29, 1.82) is 0 Å². The van der Waals surface area contributed by atoms with Gasteiger partial charge in [-0.15, -0.1) is 0 Å². The van der Waals surface area contributed by atoms with Gasteiger partial charge in [-0.3, -0.25) is 9.78 Å². The molecule has 2 heterocycles. The minimum absolute atomic E-state index is 0.0313. The largest absolute Gasteiger partial charge is 0.493 e. The summed E-state index contributed by atoms with van der Waals surface area (Å²) in [6.07, 6.45) is 2.08. The van der Waals surface area contributed by atoms with Gasteiger partial charge in [0.25, 0.3) is 0 Å². The van der Waals surface area contributed by atoms with E-state index in [0.717, 1.165) is 22.2 Å². The second-order valence-electron chi connectivity index (χ2n) is 6.68. The number of pyridine rings is 1. The number of carbonyl (C=O) groups is 1. The van der Waals surface area contributed by atoms with Crippen LogP contribution in [0.1, 0.15) is 12.0 Å². The van der Waals surface area contributed by atoms with E-state index in [1.807, 2.05) is 36.4 Å². The van der Waals surface area contributed by atoms with Crippen molar-refractivity contribution in [1.82, 2.24) is 9.88 Å². The third-order valence-electron chi connectivity index (χ3n) is 4.61. The highest BCUT2D eigenvalue weighted by Gasteiger charge is 2.13. The predicted octanol–water partition coefficient (Wildman–Crippen LogP) is 3.43. The van der Waals surface area contributed by atoms with E-state index in [2.05, 4.69) is 11.1 Å². The van der Waals surface area contributed by atoms with Crippen molar-refractivity contribution < 1.29 is 19.0 Å². The van der Waals surface area contributed by atoms with E-state index < -0.39 is 0 Å². The first kappa shape index (κ1) is 18.1. The van der Waals surface area contributed by atoms with E-state index in [4.69, 9.17) is 14.2 Å². The lowest BCUT2D eigenvalue weighted by molar-refractivity contribution is -0.130. The minimum Gasteiger partial charge on any atom is -0.493 e. The van der Waals surface area contributed by atoms with Gasteiger partial charge in [0.15, 0.2) is 11.5 Å². The first-order valence-electron chi connectivity index (χ1n) is 9.29. The maximum absolute atomic E-state index is 12.4. The lowest BCUT2D eigenvalue weighted by Gasteiger charge is -2.19. The average molecular weight is 378 g/mol. The van der Waals surface area contributed by atoms with Gasteiger partial charge in [0.05, 0.1) is 18.5 Å². The molecule has 28 heavy (non-hydrogen) atoms. The standard InChI is InChI=1S/C22H22N2O4/c1-24(15-16-4-6-19-17(13-16)3-2-9-23-19)22(25)8-10-26-18-5-7-20-21(14-18)28-12-11-27-20/h2-7,9,13-14H,8,10-12,15H2,1H3. The van der Waals surface area contributed by atoms with Gasteiger partial charge in [0.1, 0.15) is 19.0 Å². The smallest absolute Gasteiger partial charge is 0.226 e. The quantitative estimate of drug-likeness (QED) is 0.658. The van der Waals surface area contributed by atoms with Crippen LogP contribution in [0.25, 0.3) is 10.9 Å². The monoisotopic (exact) mass is 378 g/mol. The summed E-state index contributed by atoms with van der Waals surface area (Å²) in [4.78, 5) is 18.5. The van der Waals surface area contributed by atoms with E-state index in [0.29, 0.717) is 44.3 Å². The van der Waals surface area contributed by atoms with Crippen LogP contribution in [0.3, 0.4) is 0 Å². The molecule has 0 atom stereocenters. The number of hydrogen-bond donors (Lipinski definition) is 0. The number of carbonyl (C=O) groups excluding carboxylic acids is 1. The van der Waals surface area contributed by atoms with E-state index in [1.165, 1.54) is 0 Å². The van der Waals surface area contributed by atoms with Gasteiger partial charge in [0, 0.05) is 31.2 Å². The Morgan fingerprint density at radius 2 is 1.96 bits per heavy atom. The van der Waals surface area contributed by atoms with Crippen molar-refractivity contribution in [2.75, 3.05) is 26.9 Å². The summed E-state index contributed by atoms with van der Waals surface area (Å²) in [6.45, 7) is 1.95. The highest BCUT2D eigenvalue weighted by molar-refractivity contribution is 5.79. The maximum Gasteiger partial charge on any atom is 0.226 e. The number of benzene rings is 2. The van der Waals surface area contributed by atoms with Crippen LogP contribution in [0.4, 0.5) is 0 Å². The Hall–Kier alpha value is -3.28. The third kappa shape index (κ3) is 4.17. The summed E-state index contributed by atoms with van der Waals surface area (Å²) < 4.78 is 16.7. The van der Waals surface area contributed by atoms with Crippen LogP contribution in [0.15, 0.2) is 54.7 Å². The third-order valence-corrected chi connectivity index (χ3v) is 4.61. The van der Waals surface area contributed by atoms with E-state index >= 15 is 0 Å². The molecule has 0 saturated carbocycles. The number of fused-ring (bicyclic) bond motifs is 2. The number of amides is 1. The molecule has 0 fully saturated rings. The Morgan fingerprint density at radius 3 is 2.86 bits per heavy atom. The topological polar surface area (TPSA) is 60.9 Å². The van der Waals surface area contributed by atoms with Gasteiger partial charge in [-0.25, -0.2) is 0 Å². The number of rotatable bonds is 6. The first-order chi connectivity index (χ1) is 13.7. The summed E-state index contributed by atoms with van der Waals surface area (Å²) in [6, 6.07) is 15.4. The molecule has 0 radical (unpaired) electrons. The van der Waals surface area contributed by atoms with E-state index in [1.54, 1.807) is 24.2 Å². The summed E-state index contributed by atoms with van der Waals surface area (Å²) in [5, 5.41) is 1.07. The lowest BCUT2D eigenvalue weighted by Crippen LogP contribution is -2.27. The molecule has 0 bridgehead atoms. The summed E-state index contributed by atoms with van der Waals surface area (Å²) >= 11 is 0. The molecule has 144 valence electrons. The molecule has 4 rings (SSSR count). The molecule has 1 amide bonds. The summed E-state index contributed by atoms with van der Waals surface area (Å²) in [5.41, 5.74) is 2.03. The molecule has 0 aliphatic carbocycles. The molecule has 1 aliphatic rings. The predicted molar refractivity (Wildman–Crippen MR) is 106 cm³/mol. The highest BCUT2D eigenvalue weighted by atomic mass is 16.6. The number of aromatic nitrogens is 1. The molecule has 0 unspecified atom stereocenters. The molecule has 1 aromatic heterocycles. The molecule has 0 N–H and O–H groups in total. The minimum atomic E-state index is 0.0313. The number of hydrogen-bond acceptors (Lipinski definition) is 5. The highest BCUT2D eigenvalue weighted by Crippen LogP contribution is 2.33. The molecule has 6 heteroatoms. The summed E-state index contributed by atoms with van der Waals surface area (Å²) in [5.74, 6) is 2.10. The zero-order chi connectivity index (χ0) is 19.3. The average Bonchev–Trinajstić information content (AvgIpc) is 2.73. The van der Waals surface area contributed by atoms with Crippen molar-refractivity contribution in [3.8, 4) is 17.2 Å². The summed E-state index contributed by atoms with van der Waals surface area (Å²) in [7, 11) is 1.81. The second kappa shape index (κ2) is 8.17. The van der Waals surface area contributed by atoms with Crippen LogP contribution in [0.5, 0.6) is 17.2 Å². The van der Waals surface area contributed by atoms with Gasteiger partial charge in [-0.05, 0) is 35.9 Å². The van der Waals surface area contributed by atoms with Crippen LogP contribution in [-0.4, -0.2) is 42.7 Å². The van der Waals surface area contributed by atoms with Crippen molar-refractivity contribution in [2.45, 2.75) is 13.0 Å². The van der Waals surface area contributed by atoms with Crippen LogP contribution in [0.2, 0.25) is 0 Å². The normalized spacial score (nSPS) is 12.6. The van der Waals surface area contributed by atoms with Crippen LogP contribution in [0, 0.1) is 0 Å². The lowest BCUT2D eigenvalue weighted by atomic mass is 10.1. The van der Waals surface area contributed by atoms with Crippen LogP contribution < -0.4 is 14.2 Å². The molecular weight excluding hydrogens is 356 g/mol. The Balaban J connectivity index is 1.29. The van der Waals surface area contributed by atoms with Crippen LogP contribution >= 0.6 is 0 Å². The van der Waals surface area contributed by atoms with Gasteiger partial charge < -0.3 is 19.1 Å². The Labute approximate surface area is 163 Å². The van der Waals surface area contributed by atoms with Crippen molar-refractivity contribution in [2.24, 2.45) is 0 Å².